The molecule has 0 radical (unpaired) electrons. The molecule has 0 atom stereocenters. The Bertz CT molecular complexity index is 2260. The number of aromatic nitrogens is 2. The maximum atomic E-state index is 14.3. The Morgan fingerprint density at radius 1 is 0.683 bits per heavy atom. The number of piperidine rings is 2. The number of halogens is 5. The van der Waals surface area contributed by atoms with Gasteiger partial charge in [-0.2, -0.15) is 0 Å². The van der Waals surface area contributed by atoms with Crippen molar-refractivity contribution in [2.24, 2.45) is 5.73 Å². The molecule has 0 unspecified atom stereocenters. The Kier molecular flexibility index (Phi) is 18.1. The lowest BCUT2D eigenvalue weighted by Gasteiger charge is -2.31. The number of nitrogen functional groups attached to an aromatic ring is 2. The minimum atomic E-state index is -1.31. The van der Waals surface area contributed by atoms with Gasteiger partial charge in [0.05, 0.1) is 38.6 Å². The third kappa shape index (κ3) is 12.8. The fourth-order valence-corrected chi connectivity index (χ4v) is 6.57. The summed E-state index contributed by atoms with van der Waals surface area (Å²) in [6, 6.07) is 9.97. The van der Waals surface area contributed by atoms with Crippen LogP contribution in [0.4, 0.5) is 44.6 Å². The Morgan fingerprint density at radius 2 is 1.11 bits per heavy atom. The molecule has 63 heavy (non-hydrogen) atoms. The molecule has 2 aliphatic rings. The normalized spacial score (nSPS) is 14.0. The highest BCUT2D eigenvalue weighted by atomic mass is 35.5. The molecule has 340 valence electrons. The number of pyridine rings is 2. The molecule has 2 aromatic carbocycles. The van der Waals surface area contributed by atoms with Gasteiger partial charge in [0.2, 0.25) is 11.6 Å². The van der Waals surface area contributed by atoms with E-state index >= 15 is 0 Å². The lowest BCUT2D eigenvalue weighted by atomic mass is 10.0. The molecule has 2 aromatic heterocycles. The summed E-state index contributed by atoms with van der Waals surface area (Å²) in [7, 11) is 2.50. The quantitative estimate of drug-likeness (QED) is 0.0746. The molecule has 2 aliphatic heterocycles. The molecule has 6 rings (SSSR count). The van der Waals surface area contributed by atoms with Crippen LogP contribution < -0.4 is 32.0 Å². The molecule has 0 bridgehead atoms. The van der Waals surface area contributed by atoms with Crippen molar-refractivity contribution >= 4 is 52.8 Å². The highest BCUT2D eigenvalue weighted by molar-refractivity contribution is 6.29. The van der Waals surface area contributed by atoms with E-state index in [1.807, 2.05) is 6.92 Å². The molecular formula is C42H49ClF4N8O8. The Morgan fingerprint density at radius 3 is 1.52 bits per heavy atom. The van der Waals surface area contributed by atoms with Gasteiger partial charge in [-0.25, -0.2) is 37.1 Å². The van der Waals surface area contributed by atoms with Crippen LogP contribution in [-0.2, 0) is 9.47 Å². The summed E-state index contributed by atoms with van der Waals surface area (Å²) in [6.07, 6.45) is 2.62. The van der Waals surface area contributed by atoms with E-state index in [0.717, 1.165) is 44.1 Å². The van der Waals surface area contributed by atoms with Crippen LogP contribution in [0.1, 0.15) is 71.4 Å². The van der Waals surface area contributed by atoms with Crippen molar-refractivity contribution in [3.05, 3.63) is 99.2 Å². The zero-order chi connectivity index (χ0) is 46.4. The summed E-state index contributed by atoms with van der Waals surface area (Å²) in [5, 5.41) is 3.31. The number of carbonyl (C=O) groups is 4. The number of ether oxygens (including phenoxy) is 4. The fraction of sp³-hybridized carbons (Fsp3) is 0.381. The summed E-state index contributed by atoms with van der Waals surface area (Å²) in [4.78, 5) is 59.3. The molecule has 0 spiro atoms. The molecule has 4 aromatic rings. The van der Waals surface area contributed by atoms with E-state index in [2.05, 4.69) is 15.3 Å². The molecule has 2 fully saturated rings. The van der Waals surface area contributed by atoms with E-state index in [4.69, 9.17) is 47.7 Å². The Hall–Kier alpha value is -6.41. The monoisotopic (exact) mass is 904 g/mol. The van der Waals surface area contributed by atoms with Crippen molar-refractivity contribution < 1.29 is 55.7 Å². The number of likely N-dealkylation sites (tertiary alicyclic amines) is 2. The van der Waals surface area contributed by atoms with E-state index in [1.54, 1.807) is 22.8 Å². The van der Waals surface area contributed by atoms with Crippen LogP contribution in [0.5, 0.6) is 11.5 Å². The molecule has 2 amide bonds. The maximum Gasteiger partial charge on any atom is 0.409 e. The van der Waals surface area contributed by atoms with Gasteiger partial charge in [0.15, 0.2) is 23.3 Å². The molecule has 0 saturated carbocycles. The average Bonchev–Trinajstić information content (AvgIpc) is 3.26. The number of methoxy groups -OCH3 is 2. The standard InChI is InChI=1S/C21H24F2N4O4.C13H9ClF2N2O2.C8H16N2O2/c1-3-31-21(29)27-10-8-12(9-11-27)25-16-7-4-13(20(24)26-16)19(28)17-15(30-2)6-5-14(22)18(17)23;1-20-8-4-3-7(15)11(16)10(8)12(19)6-2-5-9(14)18-13(6)17;1-2-12-8(11)10-5-3-7(9)4-6-10/h4-7,12H,3,8-11H2,1-2H3,(H3,24,25,26);2-5H,1H3,(H2,17,18);7H,2-6,9H2,1H3. The molecule has 0 aliphatic carbocycles. The number of nitrogens with zero attached hydrogens (tertiary/aromatic N) is 4. The van der Waals surface area contributed by atoms with Crippen LogP contribution in [0.25, 0.3) is 0 Å². The van der Waals surface area contributed by atoms with Gasteiger partial charge in [0, 0.05) is 38.3 Å². The second-order valence-corrected chi connectivity index (χ2v) is 14.2. The Balaban J connectivity index is 0.000000232. The lowest BCUT2D eigenvalue weighted by molar-refractivity contribution is 0.0969. The predicted octanol–water partition coefficient (Wildman–Crippen LogP) is 6.62. The summed E-state index contributed by atoms with van der Waals surface area (Å²) >= 11 is 5.62. The van der Waals surface area contributed by atoms with Crippen LogP contribution in [-0.4, -0.2) is 109 Å². The Labute approximate surface area is 365 Å². The van der Waals surface area contributed by atoms with Crippen molar-refractivity contribution in [1.29, 1.82) is 0 Å². The van der Waals surface area contributed by atoms with Crippen molar-refractivity contribution in [3.63, 3.8) is 0 Å². The number of hydrogen-bond acceptors (Lipinski definition) is 14. The summed E-state index contributed by atoms with van der Waals surface area (Å²) in [5.74, 6) is -6.63. The first kappa shape index (κ1) is 49.2. The van der Waals surface area contributed by atoms with Crippen LogP contribution in [0.2, 0.25) is 5.15 Å². The highest BCUT2D eigenvalue weighted by Gasteiger charge is 2.28. The van der Waals surface area contributed by atoms with Crippen molar-refractivity contribution in [2.45, 2.75) is 51.6 Å². The van der Waals surface area contributed by atoms with Gasteiger partial charge in [0.1, 0.15) is 45.2 Å². The SMILES string of the molecule is CCOC(=O)N1CCC(N)CC1.CCOC(=O)N1CCC(Nc2ccc(C(=O)c3c(OC)ccc(F)c3F)c(N)n2)CC1.COc1ccc(F)c(F)c1C(=O)c1ccc(Cl)nc1N. The second-order valence-electron chi connectivity index (χ2n) is 13.9. The zero-order valence-corrected chi connectivity index (χ0v) is 35.8. The second kappa shape index (κ2) is 23.2. The number of ketones is 2. The van der Waals surface area contributed by atoms with Crippen LogP contribution in [0, 0.1) is 23.3 Å². The summed E-state index contributed by atoms with van der Waals surface area (Å²) < 4.78 is 74.7. The average molecular weight is 905 g/mol. The zero-order valence-electron chi connectivity index (χ0n) is 35.0. The number of anilines is 3. The van der Waals surface area contributed by atoms with Crippen LogP contribution in [0.3, 0.4) is 0 Å². The number of nitrogens with one attached hydrogen (secondary N) is 1. The maximum absolute atomic E-state index is 14.3. The van der Waals surface area contributed by atoms with Crippen molar-refractivity contribution in [3.8, 4) is 11.5 Å². The topological polar surface area (TPSA) is 228 Å². The third-order valence-electron chi connectivity index (χ3n) is 9.75. The molecule has 4 heterocycles. The number of amides is 2. The fourth-order valence-electron chi connectivity index (χ4n) is 6.41. The van der Waals surface area contributed by atoms with E-state index in [-0.39, 0.29) is 63.7 Å². The number of hydrogen-bond donors (Lipinski definition) is 4. The third-order valence-corrected chi connectivity index (χ3v) is 9.96. The summed E-state index contributed by atoms with van der Waals surface area (Å²) in [5.41, 5.74) is 16.0. The molecular weight excluding hydrogens is 856 g/mol. The molecule has 2 saturated heterocycles. The first-order valence-corrected chi connectivity index (χ1v) is 20.1. The number of benzene rings is 2. The smallest absolute Gasteiger partial charge is 0.409 e. The number of carbonyl (C=O) groups excluding carboxylic acids is 4. The van der Waals surface area contributed by atoms with Gasteiger partial charge >= 0.3 is 12.2 Å². The molecule has 16 nitrogen and oxygen atoms in total. The number of rotatable bonds is 10. The molecule has 7 N–H and O–H groups in total. The largest absolute Gasteiger partial charge is 0.496 e. The van der Waals surface area contributed by atoms with E-state index in [1.165, 1.54) is 38.5 Å². The van der Waals surface area contributed by atoms with E-state index in [9.17, 15) is 36.7 Å². The van der Waals surface area contributed by atoms with Gasteiger partial charge in [0.25, 0.3) is 0 Å². The van der Waals surface area contributed by atoms with Crippen molar-refractivity contribution in [1.82, 2.24) is 19.8 Å². The van der Waals surface area contributed by atoms with Gasteiger partial charge in [-0.3, -0.25) is 9.59 Å². The van der Waals surface area contributed by atoms with E-state index in [0.29, 0.717) is 45.0 Å². The summed E-state index contributed by atoms with van der Waals surface area (Å²) in [6.45, 7) is 6.91. The lowest BCUT2D eigenvalue weighted by Crippen LogP contribution is -2.43. The van der Waals surface area contributed by atoms with Gasteiger partial charge < -0.3 is 51.3 Å². The van der Waals surface area contributed by atoms with Gasteiger partial charge in [-0.15, -0.1) is 0 Å². The predicted molar refractivity (Wildman–Crippen MR) is 226 cm³/mol. The van der Waals surface area contributed by atoms with Gasteiger partial charge in [-0.05, 0) is 88.1 Å². The number of nitrogens with two attached hydrogens (primary N) is 3. The first-order chi connectivity index (χ1) is 30.0. The first-order valence-electron chi connectivity index (χ1n) is 19.7. The van der Waals surface area contributed by atoms with Crippen LogP contribution >= 0.6 is 11.6 Å². The van der Waals surface area contributed by atoms with Crippen molar-refractivity contribution in [2.75, 3.05) is 70.4 Å². The van der Waals surface area contributed by atoms with Crippen LogP contribution in [0.15, 0.2) is 48.5 Å². The van der Waals surface area contributed by atoms with E-state index < -0.39 is 46.0 Å². The van der Waals surface area contributed by atoms with Gasteiger partial charge in [-0.1, -0.05) is 11.6 Å². The highest BCUT2D eigenvalue weighted by Crippen LogP contribution is 2.30. The minimum absolute atomic E-state index is 0.0554. The molecule has 21 heteroatoms. The minimum Gasteiger partial charge on any atom is -0.496 e.